The van der Waals surface area contributed by atoms with E-state index in [2.05, 4.69) is 13.0 Å². The van der Waals surface area contributed by atoms with Crippen molar-refractivity contribution >= 4 is 29.4 Å². The van der Waals surface area contributed by atoms with E-state index in [1.165, 1.54) is 5.56 Å². The summed E-state index contributed by atoms with van der Waals surface area (Å²) in [5.41, 5.74) is 3.99. The quantitative estimate of drug-likeness (QED) is 0.838. The van der Waals surface area contributed by atoms with Crippen LogP contribution in [0.2, 0.25) is 5.02 Å². The lowest BCUT2D eigenvalue weighted by Crippen LogP contribution is -2.42. The summed E-state index contributed by atoms with van der Waals surface area (Å²) in [5, 5.41) is 11.1. The van der Waals surface area contributed by atoms with Crippen LogP contribution in [-0.4, -0.2) is 11.9 Å². The first-order valence-corrected chi connectivity index (χ1v) is 6.52. The Morgan fingerprint density at radius 2 is 1.83 bits per heavy atom. The summed E-state index contributed by atoms with van der Waals surface area (Å²) in [6, 6.07) is 13.7. The van der Waals surface area contributed by atoms with Crippen molar-refractivity contribution in [3.63, 3.8) is 0 Å². The van der Waals surface area contributed by atoms with E-state index < -0.39 is 6.92 Å². The topological polar surface area (TPSA) is 20.2 Å². The third kappa shape index (κ3) is 2.77. The van der Waals surface area contributed by atoms with Crippen LogP contribution in [0.15, 0.2) is 42.5 Å². The summed E-state index contributed by atoms with van der Waals surface area (Å²) in [6.45, 7) is 3.44. The highest BCUT2D eigenvalue weighted by Gasteiger charge is 2.17. The van der Waals surface area contributed by atoms with Crippen molar-refractivity contribution in [2.24, 2.45) is 0 Å². The lowest BCUT2D eigenvalue weighted by molar-refractivity contribution is 0.600. The van der Waals surface area contributed by atoms with Gasteiger partial charge in [-0.15, -0.1) is 0 Å². The van der Waals surface area contributed by atoms with E-state index in [-0.39, 0.29) is 0 Å². The molecule has 0 radical (unpaired) electrons. The zero-order valence-electron chi connectivity index (χ0n) is 10.7. The lowest BCUT2D eigenvalue weighted by atomic mass is 9.55. The van der Waals surface area contributed by atoms with Crippen molar-refractivity contribution in [1.82, 2.24) is 0 Å². The molecule has 0 bridgehead atoms. The summed E-state index contributed by atoms with van der Waals surface area (Å²) < 4.78 is 0. The van der Waals surface area contributed by atoms with Gasteiger partial charge in [0.05, 0.1) is 0 Å². The van der Waals surface area contributed by atoms with Crippen molar-refractivity contribution in [2.45, 2.75) is 20.3 Å². The second-order valence-electron chi connectivity index (χ2n) is 4.51. The lowest BCUT2D eigenvalue weighted by Gasteiger charge is -2.10. The van der Waals surface area contributed by atoms with Gasteiger partial charge < -0.3 is 5.02 Å². The Morgan fingerprint density at radius 3 is 2.50 bits per heavy atom. The molecule has 2 aromatic rings. The predicted octanol–water partition coefficient (Wildman–Crippen LogP) is 2.31. The molecule has 0 aliphatic rings. The summed E-state index contributed by atoms with van der Waals surface area (Å²) in [5.74, 6) is 0. The molecular weight excluding hydrogens is 242 g/mol. The smallest absolute Gasteiger partial charge is 0.359 e. The zero-order valence-corrected chi connectivity index (χ0v) is 11.4. The van der Waals surface area contributed by atoms with E-state index in [1.807, 2.05) is 43.3 Å². The van der Waals surface area contributed by atoms with Crippen molar-refractivity contribution < 1.29 is 5.02 Å². The molecule has 2 rings (SSSR count). The second kappa shape index (κ2) is 5.60. The van der Waals surface area contributed by atoms with E-state index in [1.54, 1.807) is 0 Å². The van der Waals surface area contributed by atoms with E-state index in [0.29, 0.717) is 5.02 Å². The minimum atomic E-state index is -0.616. The van der Waals surface area contributed by atoms with Gasteiger partial charge >= 0.3 is 6.92 Å². The first-order valence-electron chi connectivity index (χ1n) is 6.14. The van der Waals surface area contributed by atoms with Gasteiger partial charge in [0.25, 0.3) is 0 Å². The Labute approximate surface area is 114 Å². The molecule has 0 aliphatic carbocycles. The largest absolute Gasteiger partial charge is 0.443 e. The zero-order chi connectivity index (χ0) is 13.1. The Hall–Kier alpha value is -1.25. The van der Waals surface area contributed by atoms with Gasteiger partial charge in [0.15, 0.2) is 0 Å². The third-order valence-electron chi connectivity index (χ3n) is 3.19. The van der Waals surface area contributed by atoms with Crippen molar-refractivity contribution in [1.29, 1.82) is 0 Å². The third-order valence-corrected chi connectivity index (χ3v) is 3.59. The van der Waals surface area contributed by atoms with Crippen LogP contribution in [0.3, 0.4) is 0 Å². The summed E-state index contributed by atoms with van der Waals surface area (Å²) in [6.07, 6.45) is 0.967. The number of hydrogen-bond acceptors (Lipinski definition) is 1. The fraction of sp³-hybridized carbons (Fsp3) is 0.200. The highest BCUT2D eigenvalue weighted by atomic mass is 35.5. The number of hydrogen-bond donors (Lipinski definition) is 1. The van der Waals surface area contributed by atoms with Crippen LogP contribution < -0.4 is 10.9 Å². The van der Waals surface area contributed by atoms with Gasteiger partial charge in [-0.25, -0.2) is 0 Å². The van der Waals surface area contributed by atoms with Crippen LogP contribution >= 0.6 is 11.6 Å². The molecule has 0 spiro atoms. The summed E-state index contributed by atoms with van der Waals surface area (Å²) in [7, 11) is 0. The first kappa shape index (κ1) is 13.2. The molecule has 0 saturated heterocycles. The molecule has 0 saturated carbocycles. The molecule has 0 aliphatic heterocycles. The van der Waals surface area contributed by atoms with Gasteiger partial charge in [0.1, 0.15) is 0 Å². The molecule has 3 heteroatoms. The molecule has 0 fully saturated rings. The van der Waals surface area contributed by atoms with Crippen LogP contribution in [-0.2, 0) is 6.42 Å². The molecule has 0 amide bonds. The van der Waals surface area contributed by atoms with E-state index >= 15 is 0 Å². The van der Waals surface area contributed by atoms with Gasteiger partial charge in [-0.1, -0.05) is 54.9 Å². The minimum absolute atomic E-state index is 0.616. The van der Waals surface area contributed by atoms with Crippen LogP contribution in [0, 0.1) is 6.92 Å². The molecule has 2 aromatic carbocycles. The molecule has 0 heterocycles. The van der Waals surface area contributed by atoms with E-state index in [9.17, 15) is 5.02 Å². The van der Waals surface area contributed by atoms with Gasteiger partial charge in [0, 0.05) is 5.02 Å². The number of halogens is 1. The molecule has 1 N–H and O–H groups in total. The maximum Gasteiger partial charge on any atom is 0.359 e. The van der Waals surface area contributed by atoms with Gasteiger partial charge in [0.2, 0.25) is 0 Å². The summed E-state index contributed by atoms with van der Waals surface area (Å²) >= 11 is 6.09. The van der Waals surface area contributed by atoms with Crippen LogP contribution in [0.4, 0.5) is 0 Å². The first-order chi connectivity index (χ1) is 8.61. The maximum absolute atomic E-state index is 10.4. The highest BCUT2D eigenvalue weighted by Crippen LogP contribution is 2.12. The molecule has 0 aromatic heterocycles. The van der Waals surface area contributed by atoms with Gasteiger partial charge in [-0.2, -0.15) is 0 Å². The molecule has 92 valence electrons. The second-order valence-corrected chi connectivity index (χ2v) is 4.92. The highest BCUT2D eigenvalue weighted by molar-refractivity contribution is 6.79. The summed E-state index contributed by atoms with van der Waals surface area (Å²) in [4.78, 5) is 0. The fourth-order valence-corrected chi connectivity index (χ4v) is 2.14. The molecule has 1 nitrogen and oxygen atoms in total. The molecular formula is C15H16BClO. The van der Waals surface area contributed by atoms with Crippen LogP contribution in [0.5, 0.6) is 0 Å². The van der Waals surface area contributed by atoms with Gasteiger partial charge in [-0.05, 0) is 41.5 Å². The standard InChI is InChI=1S/C15H16BClO/c1-3-12-5-4-6-13(9-12)16(18)14-8-7-11(2)15(17)10-14/h4-10,18H,3H2,1-2H3. The fourth-order valence-electron chi connectivity index (χ4n) is 1.95. The average molecular weight is 259 g/mol. The SMILES string of the molecule is CCc1cccc(B(O)c2ccc(C)c(Cl)c2)c1. The number of benzene rings is 2. The van der Waals surface area contributed by atoms with E-state index in [0.717, 1.165) is 22.9 Å². The molecule has 0 unspecified atom stereocenters. The van der Waals surface area contributed by atoms with Crippen molar-refractivity contribution in [3.05, 3.63) is 58.6 Å². The van der Waals surface area contributed by atoms with Gasteiger partial charge in [-0.3, -0.25) is 0 Å². The van der Waals surface area contributed by atoms with Crippen molar-refractivity contribution in [3.8, 4) is 0 Å². The number of aryl methyl sites for hydroxylation is 2. The van der Waals surface area contributed by atoms with E-state index in [4.69, 9.17) is 11.6 Å². The Bertz CT molecular complexity index is 554. The number of rotatable bonds is 3. The normalized spacial score (nSPS) is 10.4. The van der Waals surface area contributed by atoms with Crippen LogP contribution in [0.1, 0.15) is 18.1 Å². The Morgan fingerprint density at radius 1 is 1.11 bits per heavy atom. The van der Waals surface area contributed by atoms with Crippen molar-refractivity contribution in [2.75, 3.05) is 0 Å². The Kier molecular flexibility index (Phi) is 4.10. The maximum atomic E-state index is 10.4. The monoisotopic (exact) mass is 258 g/mol. The predicted molar refractivity (Wildman–Crippen MR) is 79.2 cm³/mol. The minimum Gasteiger partial charge on any atom is -0.443 e. The molecule has 0 atom stereocenters. The molecule has 18 heavy (non-hydrogen) atoms. The Balaban J connectivity index is 2.34. The average Bonchev–Trinajstić information content (AvgIpc) is 2.41. The van der Waals surface area contributed by atoms with Crippen LogP contribution in [0.25, 0.3) is 0 Å².